The van der Waals surface area contributed by atoms with Crippen LogP contribution < -0.4 is 4.74 Å². The van der Waals surface area contributed by atoms with Gasteiger partial charge >= 0.3 is 0 Å². The van der Waals surface area contributed by atoms with Crippen molar-refractivity contribution < 1.29 is 4.74 Å². The predicted octanol–water partition coefficient (Wildman–Crippen LogP) is 2.97. The number of hydrogen-bond donors (Lipinski definition) is 0. The van der Waals surface area contributed by atoms with Crippen LogP contribution in [0.15, 0.2) is 48.5 Å². The molecule has 0 aliphatic carbocycles. The molecule has 2 aromatic rings. The van der Waals surface area contributed by atoms with Crippen LogP contribution in [0.5, 0.6) is 5.75 Å². The van der Waals surface area contributed by atoms with E-state index >= 15 is 0 Å². The van der Waals surface area contributed by atoms with E-state index in [0.29, 0.717) is 11.3 Å². The first kappa shape index (κ1) is 11.8. The van der Waals surface area contributed by atoms with Crippen molar-refractivity contribution in [1.29, 1.82) is 5.26 Å². The number of ether oxygens (including phenoxy) is 1. The second kappa shape index (κ2) is 5.57. The second-order valence-electron chi connectivity index (χ2n) is 3.64. The van der Waals surface area contributed by atoms with Crippen molar-refractivity contribution in [2.75, 3.05) is 7.11 Å². The third kappa shape index (κ3) is 2.70. The van der Waals surface area contributed by atoms with Gasteiger partial charge in [-0.05, 0) is 30.3 Å². The van der Waals surface area contributed by atoms with Gasteiger partial charge in [0.25, 0.3) is 0 Å². The fraction of sp³-hybridized carbons (Fsp3) is 0.0625. The molecule has 2 rings (SSSR count). The van der Waals surface area contributed by atoms with Gasteiger partial charge < -0.3 is 4.74 Å². The van der Waals surface area contributed by atoms with Crippen LogP contribution in [0, 0.1) is 23.2 Å². The predicted molar refractivity (Wildman–Crippen MR) is 70.1 cm³/mol. The highest BCUT2D eigenvalue weighted by Gasteiger charge is 2.01. The zero-order valence-corrected chi connectivity index (χ0v) is 9.97. The molecule has 86 valence electrons. The van der Waals surface area contributed by atoms with Crippen LogP contribution in [-0.4, -0.2) is 7.11 Å². The second-order valence-corrected chi connectivity index (χ2v) is 3.64. The number of methoxy groups -OCH3 is 1. The maximum Gasteiger partial charge on any atom is 0.135 e. The van der Waals surface area contributed by atoms with Gasteiger partial charge in [0, 0.05) is 5.56 Å². The van der Waals surface area contributed by atoms with Gasteiger partial charge in [0.05, 0.1) is 24.3 Å². The maximum absolute atomic E-state index is 8.81. The Morgan fingerprint density at radius 3 is 2.39 bits per heavy atom. The molecule has 18 heavy (non-hydrogen) atoms. The SMILES string of the molecule is COc1cc(C#N)ccc1C#Cc1ccccc1. The number of hydrogen-bond acceptors (Lipinski definition) is 2. The van der Waals surface area contributed by atoms with Crippen molar-refractivity contribution in [2.45, 2.75) is 0 Å². The summed E-state index contributed by atoms with van der Waals surface area (Å²) in [6.07, 6.45) is 0. The van der Waals surface area contributed by atoms with Gasteiger partial charge in [0.15, 0.2) is 0 Å². The summed E-state index contributed by atoms with van der Waals surface area (Å²) in [4.78, 5) is 0. The van der Waals surface area contributed by atoms with E-state index < -0.39 is 0 Å². The smallest absolute Gasteiger partial charge is 0.135 e. The topological polar surface area (TPSA) is 33.0 Å². The van der Waals surface area contributed by atoms with E-state index in [1.54, 1.807) is 25.3 Å². The Morgan fingerprint density at radius 1 is 0.944 bits per heavy atom. The summed E-state index contributed by atoms with van der Waals surface area (Å²) in [5, 5.41) is 8.81. The molecule has 0 aliphatic rings. The van der Waals surface area contributed by atoms with Gasteiger partial charge in [-0.3, -0.25) is 0 Å². The summed E-state index contributed by atoms with van der Waals surface area (Å²) in [5.41, 5.74) is 2.29. The summed E-state index contributed by atoms with van der Waals surface area (Å²) in [7, 11) is 1.57. The standard InChI is InChI=1S/C16H11NO/c1-18-16-11-14(12-17)8-10-15(16)9-7-13-5-3-2-4-6-13/h2-6,8,10-11H,1H3. The third-order valence-electron chi connectivity index (χ3n) is 2.45. The number of rotatable bonds is 1. The molecule has 2 aromatic carbocycles. The van der Waals surface area contributed by atoms with Crippen molar-refractivity contribution >= 4 is 0 Å². The summed E-state index contributed by atoms with van der Waals surface area (Å²) in [6.45, 7) is 0. The fourth-order valence-corrected chi connectivity index (χ4v) is 1.53. The average Bonchev–Trinajstić information content (AvgIpc) is 2.46. The van der Waals surface area contributed by atoms with E-state index in [0.717, 1.165) is 11.1 Å². The van der Waals surface area contributed by atoms with Crippen molar-refractivity contribution in [1.82, 2.24) is 0 Å². The number of nitrogens with zero attached hydrogens (tertiary/aromatic N) is 1. The minimum Gasteiger partial charge on any atom is -0.495 e. The van der Waals surface area contributed by atoms with E-state index in [9.17, 15) is 0 Å². The molecule has 0 unspecified atom stereocenters. The van der Waals surface area contributed by atoms with Gasteiger partial charge in [-0.2, -0.15) is 5.26 Å². The third-order valence-corrected chi connectivity index (χ3v) is 2.45. The molecular weight excluding hydrogens is 222 g/mol. The highest BCUT2D eigenvalue weighted by atomic mass is 16.5. The quantitative estimate of drug-likeness (QED) is 0.709. The first-order valence-corrected chi connectivity index (χ1v) is 5.48. The minimum absolute atomic E-state index is 0.567. The lowest BCUT2D eigenvalue weighted by molar-refractivity contribution is 0.413. The lowest BCUT2D eigenvalue weighted by Gasteiger charge is -2.02. The van der Waals surface area contributed by atoms with Crippen LogP contribution in [0.3, 0.4) is 0 Å². The van der Waals surface area contributed by atoms with E-state index in [2.05, 4.69) is 17.9 Å². The first-order chi connectivity index (χ1) is 8.83. The van der Waals surface area contributed by atoms with E-state index in [-0.39, 0.29) is 0 Å². The number of benzene rings is 2. The number of nitriles is 1. The molecular formula is C16H11NO. The minimum atomic E-state index is 0.567. The molecule has 0 fully saturated rings. The molecule has 2 nitrogen and oxygen atoms in total. The summed E-state index contributed by atoms with van der Waals surface area (Å²) >= 11 is 0. The average molecular weight is 233 g/mol. The van der Waals surface area contributed by atoms with E-state index in [1.807, 2.05) is 30.3 Å². The molecule has 0 atom stereocenters. The monoisotopic (exact) mass is 233 g/mol. The Hall–Kier alpha value is -2.71. The van der Waals surface area contributed by atoms with Gasteiger partial charge in [0.1, 0.15) is 5.75 Å². The Balaban J connectivity index is 2.36. The van der Waals surface area contributed by atoms with Gasteiger partial charge in [0.2, 0.25) is 0 Å². The lowest BCUT2D eigenvalue weighted by atomic mass is 10.1. The van der Waals surface area contributed by atoms with E-state index in [1.165, 1.54) is 0 Å². The van der Waals surface area contributed by atoms with Crippen molar-refractivity contribution in [2.24, 2.45) is 0 Å². The van der Waals surface area contributed by atoms with Crippen LogP contribution in [0.4, 0.5) is 0 Å². The van der Waals surface area contributed by atoms with Gasteiger partial charge in [-0.1, -0.05) is 30.0 Å². The van der Waals surface area contributed by atoms with E-state index in [4.69, 9.17) is 10.00 Å². The molecule has 0 aliphatic heterocycles. The molecule has 0 heterocycles. The fourth-order valence-electron chi connectivity index (χ4n) is 1.53. The van der Waals surface area contributed by atoms with Crippen molar-refractivity contribution in [3.8, 4) is 23.7 Å². The summed E-state index contributed by atoms with van der Waals surface area (Å²) in [5.74, 6) is 6.73. The van der Waals surface area contributed by atoms with Crippen LogP contribution >= 0.6 is 0 Å². The molecule has 0 bridgehead atoms. The summed E-state index contributed by atoms with van der Waals surface area (Å²) < 4.78 is 5.22. The molecule has 0 aromatic heterocycles. The maximum atomic E-state index is 8.81. The Labute approximate surface area is 106 Å². The largest absolute Gasteiger partial charge is 0.495 e. The van der Waals surface area contributed by atoms with Gasteiger partial charge in [-0.15, -0.1) is 0 Å². The zero-order valence-electron chi connectivity index (χ0n) is 9.97. The highest BCUT2D eigenvalue weighted by Crippen LogP contribution is 2.18. The van der Waals surface area contributed by atoms with Gasteiger partial charge in [-0.25, -0.2) is 0 Å². The Morgan fingerprint density at radius 2 is 1.72 bits per heavy atom. The summed E-state index contributed by atoms with van der Waals surface area (Å²) in [6, 6.07) is 17.0. The molecule has 0 radical (unpaired) electrons. The van der Waals surface area contributed by atoms with Crippen LogP contribution in [0.1, 0.15) is 16.7 Å². The molecule has 2 heteroatoms. The molecule has 0 amide bonds. The van der Waals surface area contributed by atoms with Crippen molar-refractivity contribution in [3.05, 3.63) is 65.2 Å². The molecule has 0 saturated carbocycles. The van der Waals surface area contributed by atoms with Crippen LogP contribution in [0.2, 0.25) is 0 Å². The van der Waals surface area contributed by atoms with Crippen LogP contribution in [0.25, 0.3) is 0 Å². The first-order valence-electron chi connectivity index (χ1n) is 5.48. The van der Waals surface area contributed by atoms with Crippen LogP contribution in [-0.2, 0) is 0 Å². The normalized spacial score (nSPS) is 8.89. The molecule has 0 spiro atoms. The van der Waals surface area contributed by atoms with Crippen molar-refractivity contribution in [3.63, 3.8) is 0 Å². The molecule has 0 saturated heterocycles. The zero-order chi connectivity index (χ0) is 12.8. The molecule has 0 N–H and O–H groups in total. The Bertz CT molecular complexity index is 642. The lowest BCUT2D eigenvalue weighted by Crippen LogP contribution is -1.89. The Kier molecular flexibility index (Phi) is 3.64. The highest BCUT2D eigenvalue weighted by molar-refractivity contribution is 5.52.